The van der Waals surface area contributed by atoms with Gasteiger partial charge < -0.3 is 5.73 Å². The molecule has 1 aliphatic rings. The summed E-state index contributed by atoms with van der Waals surface area (Å²) in [5, 5.41) is 4.33. The maximum atomic E-state index is 5.62. The molecule has 0 amide bonds. The molecule has 2 heterocycles. The van der Waals surface area contributed by atoms with Gasteiger partial charge in [0.1, 0.15) is 0 Å². The number of aromatic nitrogens is 2. The lowest BCUT2D eigenvalue weighted by Crippen LogP contribution is -2.28. The topological polar surface area (TPSA) is 47.1 Å². The Bertz CT molecular complexity index is 307. The highest BCUT2D eigenvalue weighted by Gasteiger charge is 2.25. The van der Waals surface area contributed by atoms with Gasteiger partial charge in [0.05, 0.1) is 6.20 Å². The maximum Gasteiger partial charge on any atom is 0.0537 e. The largest absolute Gasteiger partial charge is 0.329 e. The molecular weight excluding hydrogens is 188 g/mol. The third-order valence-corrected chi connectivity index (χ3v) is 3.14. The summed E-state index contributed by atoms with van der Waals surface area (Å²) >= 11 is 0. The summed E-state index contributed by atoms with van der Waals surface area (Å²) in [5.74, 6) is 0. The predicted molar refractivity (Wildman–Crippen MR) is 60.5 cm³/mol. The highest BCUT2D eigenvalue weighted by molar-refractivity contribution is 5.12. The standard InChI is InChI=1S/C11H20N4/c1-2-15-9-10(8-13-15)11-4-3-6-14(11)7-5-12/h8-9,11H,2-7,12H2,1H3. The highest BCUT2D eigenvalue weighted by atomic mass is 15.3. The van der Waals surface area contributed by atoms with Crippen LogP contribution in [-0.4, -0.2) is 34.3 Å². The molecule has 0 aliphatic carbocycles. The van der Waals surface area contributed by atoms with Crippen molar-refractivity contribution in [1.29, 1.82) is 0 Å². The zero-order chi connectivity index (χ0) is 10.7. The van der Waals surface area contributed by atoms with Gasteiger partial charge in [-0.3, -0.25) is 9.58 Å². The van der Waals surface area contributed by atoms with Gasteiger partial charge in [-0.1, -0.05) is 0 Å². The first-order valence-corrected chi connectivity index (χ1v) is 5.81. The lowest BCUT2D eigenvalue weighted by atomic mass is 10.1. The van der Waals surface area contributed by atoms with Crippen LogP contribution in [0.4, 0.5) is 0 Å². The first kappa shape index (κ1) is 10.6. The Morgan fingerprint density at radius 3 is 3.13 bits per heavy atom. The zero-order valence-electron chi connectivity index (χ0n) is 9.39. The lowest BCUT2D eigenvalue weighted by Gasteiger charge is -2.22. The first-order valence-electron chi connectivity index (χ1n) is 5.81. The van der Waals surface area contributed by atoms with Crippen molar-refractivity contribution in [3.8, 4) is 0 Å². The van der Waals surface area contributed by atoms with Crippen molar-refractivity contribution >= 4 is 0 Å². The third kappa shape index (κ3) is 2.21. The van der Waals surface area contributed by atoms with Crippen molar-refractivity contribution in [2.45, 2.75) is 32.4 Å². The van der Waals surface area contributed by atoms with Crippen molar-refractivity contribution in [2.75, 3.05) is 19.6 Å². The Labute approximate surface area is 91.1 Å². The van der Waals surface area contributed by atoms with Gasteiger partial charge in [0.15, 0.2) is 0 Å². The second kappa shape index (κ2) is 4.77. The van der Waals surface area contributed by atoms with Crippen LogP contribution in [0.1, 0.15) is 31.4 Å². The summed E-state index contributed by atoms with van der Waals surface area (Å²) in [6.45, 7) is 5.99. The van der Waals surface area contributed by atoms with E-state index in [0.717, 1.165) is 19.6 Å². The van der Waals surface area contributed by atoms with Crippen LogP contribution in [0.5, 0.6) is 0 Å². The molecule has 0 spiro atoms. The predicted octanol–water partition coefficient (Wildman–Crippen LogP) is 0.999. The van der Waals surface area contributed by atoms with E-state index in [1.54, 1.807) is 0 Å². The molecule has 4 nitrogen and oxygen atoms in total. The molecule has 15 heavy (non-hydrogen) atoms. The first-order chi connectivity index (χ1) is 7.35. The summed E-state index contributed by atoms with van der Waals surface area (Å²) in [5.41, 5.74) is 6.97. The van der Waals surface area contributed by atoms with Gasteiger partial charge in [0, 0.05) is 37.4 Å². The zero-order valence-corrected chi connectivity index (χ0v) is 9.39. The van der Waals surface area contributed by atoms with E-state index in [4.69, 9.17) is 5.73 Å². The van der Waals surface area contributed by atoms with Crippen LogP contribution in [0.25, 0.3) is 0 Å². The summed E-state index contributed by atoms with van der Waals surface area (Å²) in [6.07, 6.45) is 6.69. The fourth-order valence-electron chi connectivity index (χ4n) is 2.36. The Hall–Kier alpha value is -0.870. The lowest BCUT2D eigenvalue weighted by molar-refractivity contribution is 0.264. The van der Waals surface area contributed by atoms with Gasteiger partial charge in [0.25, 0.3) is 0 Å². The maximum absolute atomic E-state index is 5.62. The Morgan fingerprint density at radius 2 is 2.47 bits per heavy atom. The van der Waals surface area contributed by atoms with Gasteiger partial charge in [-0.2, -0.15) is 5.10 Å². The van der Waals surface area contributed by atoms with Crippen LogP contribution < -0.4 is 5.73 Å². The molecular formula is C11H20N4. The minimum Gasteiger partial charge on any atom is -0.329 e. The fourth-order valence-corrected chi connectivity index (χ4v) is 2.36. The molecule has 1 atom stereocenters. The highest BCUT2D eigenvalue weighted by Crippen LogP contribution is 2.30. The number of nitrogens with zero attached hydrogens (tertiary/aromatic N) is 3. The Balaban J connectivity index is 2.08. The summed E-state index contributed by atoms with van der Waals surface area (Å²) in [7, 11) is 0. The second-order valence-corrected chi connectivity index (χ2v) is 4.11. The van der Waals surface area contributed by atoms with E-state index in [9.17, 15) is 0 Å². The Kier molecular flexibility index (Phi) is 3.38. The van der Waals surface area contributed by atoms with Gasteiger partial charge in [-0.25, -0.2) is 0 Å². The molecule has 2 N–H and O–H groups in total. The van der Waals surface area contributed by atoms with Crippen molar-refractivity contribution in [3.63, 3.8) is 0 Å². The van der Waals surface area contributed by atoms with Crippen LogP contribution in [0, 0.1) is 0 Å². The molecule has 84 valence electrons. The quantitative estimate of drug-likeness (QED) is 0.803. The van der Waals surface area contributed by atoms with Gasteiger partial charge in [-0.15, -0.1) is 0 Å². The van der Waals surface area contributed by atoms with Gasteiger partial charge >= 0.3 is 0 Å². The van der Waals surface area contributed by atoms with Gasteiger partial charge in [0.2, 0.25) is 0 Å². The molecule has 1 aromatic heterocycles. The van der Waals surface area contributed by atoms with E-state index in [1.807, 2.05) is 10.9 Å². The molecule has 1 fully saturated rings. The molecule has 1 aromatic rings. The fraction of sp³-hybridized carbons (Fsp3) is 0.727. The molecule has 0 bridgehead atoms. The molecule has 1 saturated heterocycles. The smallest absolute Gasteiger partial charge is 0.0537 e. The van der Waals surface area contributed by atoms with Crippen molar-refractivity contribution in [1.82, 2.24) is 14.7 Å². The number of aryl methyl sites for hydroxylation is 1. The van der Waals surface area contributed by atoms with E-state index in [2.05, 4.69) is 23.1 Å². The molecule has 2 rings (SSSR count). The number of hydrogen-bond donors (Lipinski definition) is 1. The number of likely N-dealkylation sites (tertiary alicyclic amines) is 1. The SMILES string of the molecule is CCn1cc(C2CCCN2CCN)cn1. The van der Waals surface area contributed by atoms with E-state index in [-0.39, 0.29) is 0 Å². The minimum absolute atomic E-state index is 0.550. The monoisotopic (exact) mass is 208 g/mol. The third-order valence-electron chi connectivity index (χ3n) is 3.14. The number of hydrogen-bond acceptors (Lipinski definition) is 3. The molecule has 0 radical (unpaired) electrons. The summed E-state index contributed by atoms with van der Waals surface area (Å²) in [6, 6.07) is 0.550. The average Bonchev–Trinajstić information content (AvgIpc) is 2.85. The number of nitrogens with two attached hydrogens (primary N) is 1. The van der Waals surface area contributed by atoms with Gasteiger partial charge in [-0.05, 0) is 26.3 Å². The Morgan fingerprint density at radius 1 is 1.60 bits per heavy atom. The number of rotatable bonds is 4. The van der Waals surface area contributed by atoms with E-state index in [0.29, 0.717) is 6.04 Å². The average molecular weight is 208 g/mol. The molecule has 4 heteroatoms. The summed E-state index contributed by atoms with van der Waals surface area (Å²) in [4.78, 5) is 2.47. The summed E-state index contributed by atoms with van der Waals surface area (Å²) < 4.78 is 1.99. The minimum atomic E-state index is 0.550. The molecule has 0 aromatic carbocycles. The molecule has 1 aliphatic heterocycles. The van der Waals surface area contributed by atoms with Crippen LogP contribution in [0.15, 0.2) is 12.4 Å². The van der Waals surface area contributed by atoms with Crippen molar-refractivity contribution in [3.05, 3.63) is 18.0 Å². The van der Waals surface area contributed by atoms with Crippen molar-refractivity contribution < 1.29 is 0 Å². The van der Waals surface area contributed by atoms with Crippen LogP contribution in [-0.2, 0) is 6.54 Å². The van der Waals surface area contributed by atoms with E-state index in [1.165, 1.54) is 24.9 Å². The second-order valence-electron chi connectivity index (χ2n) is 4.11. The van der Waals surface area contributed by atoms with E-state index < -0.39 is 0 Å². The normalized spacial score (nSPS) is 22.4. The van der Waals surface area contributed by atoms with Crippen LogP contribution in [0.3, 0.4) is 0 Å². The van der Waals surface area contributed by atoms with Crippen molar-refractivity contribution in [2.24, 2.45) is 5.73 Å². The van der Waals surface area contributed by atoms with Crippen LogP contribution >= 0.6 is 0 Å². The van der Waals surface area contributed by atoms with E-state index >= 15 is 0 Å². The molecule has 1 unspecified atom stereocenters. The molecule has 0 saturated carbocycles. The van der Waals surface area contributed by atoms with Crippen LogP contribution in [0.2, 0.25) is 0 Å².